The number of carbonyl (C=O) groups excluding carboxylic acids is 1. The van der Waals surface area contributed by atoms with Crippen molar-refractivity contribution in [1.29, 1.82) is 0 Å². The van der Waals surface area contributed by atoms with Crippen molar-refractivity contribution in [2.75, 3.05) is 0 Å². The molecule has 0 aliphatic rings. The van der Waals surface area contributed by atoms with Gasteiger partial charge >= 0.3 is 0 Å². The van der Waals surface area contributed by atoms with Crippen molar-refractivity contribution < 1.29 is 4.79 Å². The van der Waals surface area contributed by atoms with E-state index in [9.17, 15) is 4.79 Å². The minimum absolute atomic E-state index is 0.0682. The average molecular weight is 237 g/mol. The number of hydrogen-bond acceptors (Lipinski definition) is 3. The number of Topliss-reactive ketones (excluding diaryl/α,β-unsaturated/α-hetero) is 1. The minimum atomic E-state index is 0.0682. The highest BCUT2D eigenvalue weighted by molar-refractivity contribution is 5.94. The zero-order chi connectivity index (χ0) is 12.5. The van der Waals surface area contributed by atoms with Crippen LogP contribution in [-0.2, 0) is 0 Å². The summed E-state index contributed by atoms with van der Waals surface area (Å²) in [6.07, 6.45) is 5.26. The summed E-state index contributed by atoms with van der Waals surface area (Å²) in [7, 11) is 0. The molecular formula is C14H11N3O. The Bertz CT molecular complexity index is 713. The summed E-state index contributed by atoms with van der Waals surface area (Å²) >= 11 is 0. The van der Waals surface area contributed by atoms with E-state index >= 15 is 0 Å². The molecule has 0 fully saturated rings. The molecule has 0 saturated heterocycles. The monoisotopic (exact) mass is 237 g/mol. The first kappa shape index (κ1) is 10.7. The number of rotatable bonds is 2. The smallest absolute Gasteiger partial charge is 0.159 e. The second-order valence-electron chi connectivity index (χ2n) is 4.08. The SMILES string of the molecule is CC(=O)c1ccc(-n2cnc3ccncc32)cc1. The molecular weight excluding hydrogens is 226 g/mol. The van der Waals surface area contributed by atoms with Gasteiger partial charge in [0.25, 0.3) is 0 Å². The van der Waals surface area contributed by atoms with E-state index < -0.39 is 0 Å². The van der Waals surface area contributed by atoms with E-state index in [1.807, 2.05) is 34.9 Å². The molecule has 0 radical (unpaired) electrons. The summed E-state index contributed by atoms with van der Waals surface area (Å²) in [5, 5.41) is 0. The van der Waals surface area contributed by atoms with Crippen molar-refractivity contribution in [2.24, 2.45) is 0 Å². The summed E-state index contributed by atoms with van der Waals surface area (Å²) in [6, 6.07) is 9.32. The average Bonchev–Trinajstić information content (AvgIpc) is 2.82. The Kier molecular flexibility index (Phi) is 2.41. The Hall–Kier alpha value is -2.49. The van der Waals surface area contributed by atoms with Crippen molar-refractivity contribution in [3.8, 4) is 5.69 Å². The molecule has 0 unspecified atom stereocenters. The topological polar surface area (TPSA) is 47.8 Å². The lowest BCUT2D eigenvalue weighted by molar-refractivity contribution is 0.101. The van der Waals surface area contributed by atoms with Crippen molar-refractivity contribution in [3.63, 3.8) is 0 Å². The maximum atomic E-state index is 11.2. The number of hydrogen-bond donors (Lipinski definition) is 0. The van der Waals surface area contributed by atoms with Gasteiger partial charge in [0.05, 0.1) is 17.2 Å². The molecule has 0 spiro atoms. The van der Waals surface area contributed by atoms with Crippen LogP contribution in [-0.4, -0.2) is 20.3 Å². The molecule has 0 aliphatic carbocycles. The van der Waals surface area contributed by atoms with E-state index in [1.165, 1.54) is 0 Å². The molecule has 3 rings (SSSR count). The molecule has 0 N–H and O–H groups in total. The largest absolute Gasteiger partial charge is 0.297 e. The van der Waals surface area contributed by atoms with Crippen LogP contribution < -0.4 is 0 Å². The third kappa shape index (κ3) is 1.68. The van der Waals surface area contributed by atoms with Gasteiger partial charge < -0.3 is 0 Å². The van der Waals surface area contributed by atoms with Crippen molar-refractivity contribution in [3.05, 3.63) is 54.6 Å². The van der Waals surface area contributed by atoms with Gasteiger partial charge in [0, 0.05) is 17.4 Å². The lowest BCUT2D eigenvalue weighted by Crippen LogP contribution is -1.95. The summed E-state index contributed by atoms with van der Waals surface area (Å²) in [4.78, 5) is 19.6. The standard InChI is InChI=1S/C14H11N3O/c1-10(18)11-2-4-12(5-3-11)17-9-16-13-6-7-15-8-14(13)17/h2-9H,1H3. The fraction of sp³-hybridized carbons (Fsp3) is 0.0714. The predicted octanol–water partition coefficient (Wildman–Crippen LogP) is 2.62. The Balaban J connectivity index is 2.12. The normalized spacial score (nSPS) is 10.7. The Labute approximate surface area is 104 Å². The fourth-order valence-corrected chi connectivity index (χ4v) is 1.92. The number of benzene rings is 1. The van der Waals surface area contributed by atoms with Gasteiger partial charge in [-0.15, -0.1) is 0 Å². The molecule has 0 saturated carbocycles. The van der Waals surface area contributed by atoms with Crippen LogP contribution in [0.1, 0.15) is 17.3 Å². The Morgan fingerprint density at radius 3 is 2.67 bits per heavy atom. The molecule has 1 aromatic carbocycles. The second-order valence-corrected chi connectivity index (χ2v) is 4.08. The second kappa shape index (κ2) is 4.07. The molecule has 0 bridgehead atoms. The predicted molar refractivity (Wildman–Crippen MR) is 68.9 cm³/mol. The molecule has 4 nitrogen and oxygen atoms in total. The maximum absolute atomic E-state index is 11.2. The van der Waals surface area contributed by atoms with E-state index in [2.05, 4.69) is 9.97 Å². The van der Waals surface area contributed by atoms with Crippen LogP contribution >= 0.6 is 0 Å². The first-order valence-electron chi connectivity index (χ1n) is 5.64. The van der Waals surface area contributed by atoms with Crippen LogP contribution in [0.3, 0.4) is 0 Å². The van der Waals surface area contributed by atoms with Crippen LogP contribution in [0.5, 0.6) is 0 Å². The molecule has 88 valence electrons. The fourth-order valence-electron chi connectivity index (χ4n) is 1.92. The Morgan fingerprint density at radius 2 is 1.94 bits per heavy atom. The van der Waals surface area contributed by atoms with Gasteiger partial charge in [-0.05, 0) is 37.3 Å². The highest BCUT2D eigenvalue weighted by Crippen LogP contribution is 2.17. The maximum Gasteiger partial charge on any atom is 0.159 e. The van der Waals surface area contributed by atoms with Gasteiger partial charge in [0.1, 0.15) is 6.33 Å². The van der Waals surface area contributed by atoms with E-state index in [4.69, 9.17) is 0 Å². The number of carbonyl (C=O) groups is 1. The third-order valence-electron chi connectivity index (χ3n) is 2.90. The summed E-state index contributed by atoms with van der Waals surface area (Å²) in [5.74, 6) is 0.0682. The third-order valence-corrected chi connectivity index (χ3v) is 2.90. The number of ketones is 1. The summed E-state index contributed by atoms with van der Waals surface area (Å²) in [6.45, 7) is 1.56. The summed E-state index contributed by atoms with van der Waals surface area (Å²) < 4.78 is 1.95. The molecule has 4 heteroatoms. The highest BCUT2D eigenvalue weighted by atomic mass is 16.1. The van der Waals surface area contributed by atoms with Gasteiger partial charge in [-0.3, -0.25) is 14.3 Å². The van der Waals surface area contributed by atoms with Gasteiger partial charge in [-0.1, -0.05) is 0 Å². The van der Waals surface area contributed by atoms with Crippen molar-refractivity contribution in [2.45, 2.75) is 6.92 Å². The van der Waals surface area contributed by atoms with Crippen LogP contribution in [0, 0.1) is 0 Å². The lowest BCUT2D eigenvalue weighted by Gasteiger charge is -2.04. The molecule has 0 amide bonds. The number of fused-ring (bicyclic) bond motifs is 1. The first-order valence-corrected chi connectivity index (χ1v) is 5.64. The van der Waals surface area contributed by atoms with E-state index in [-0.39, 0.29) is 5.78 Å². The van der Waals surface area contributed by atoms with Crippen LogP contribution in [0.2, 0.25) is 0 Å². The molecule has 0 atom stereocenters. The van der Waals surface area contributed by atoms with Crippen LogP contribution in [0.25, 0.3) is 16.7 Å². The van der Waals surface area contributed by atoms with Crippen LogP contribution in [0.15, 0.2) is 49.1 Å². The van der Waals surface area contributed by atoms with Gasteiger partial charge in [-0.25, -0.2) is 4.98 Å². The minimum Gasteiger partial charge on any atom is -0.297 e. The van der Waals surface area contributed by atoms with E-state index in [1.54, 1.807) is 25.6 Å². The molecule has 0 aliphatic heterocycles. The number of aromatic nitrogens is 3. The molecule has 3 aromatic rings. The Morgan fingerprint density at radius 1 is 1.17 bits per heavy atom. The zero-order valence-electron chi connectivity index (χ0n) is 9.87. The number of imidazole rings is 1. The molecule has 18 heavy (non-hydrogen) atoms. The number of nitrogens with zero attached hydrogens (tertiary/aromatic N) is 3. The highest BCUT2D eigenvalue weighted by Gasteiger charge is 2.05. The molecule has 2 heterocycles. The van der Waals surface area contributed by atoms with Gasteiger partial charge in [0.2, 0.25) is 0 Å². The zero-order valence-corrected chi connectivity index (χ0v) is 9.87. The van der Waals surface area contributed by atoms with Crippen molar-refractivity contribution >= 4 is 16.8 Å². The van der Waals surface area contributed by atoms with E-state index in [0.717, 1.165) is 16.7 Å². The lowest BCUT2D eigenvalue weighted by atomic mass is 10.1. The van der Waals surface area contributed by atoms with Crippen LogP contribution in [0.4, 0.5) is 0 Å². The van der Waals surface area contributed by atoms with Gasteiger partial charge in [0.15, 0.2) is 5.78 Å². The van der Waals surface area contributed by atoms with Crippen molar-refractivity contribution in [1.82, 2.24) is 14.5 Å². The molecule has 2 aromatic heterocycles. The first-order chi connectivity index (χ1) is 8.75. The number of pyridine rings is 1. The van der Waals surface area contributed by atoms with Gasteiger partial charge in [-0.2, -0.15) is 0 Å². The van der Waals surface area contributed by atoms with E-state index in [0.29, 0.717) is 5.56 Å². The summed E-state index contributed by atoms with van der Waals surface area (Å²) in [5.41, 5.74) is 3.53. The quantitative estimate of drug-likeness (QED) is 0.644.